The van der Waals surface area contributed by atoms with Crippen LogP contribution in [-0.4, -0.2) is 37.0 Å². The molecule has 0 aromatic carbocycles. The van der Waals surface area contributed by atoms with Gasteiger partial charge in [0.05, 0.1) is 13.2 Å². The molecule has 4 heteroatoms. The first-order chi connectivity index (χ1) is 19.2. The summed E-state index contributed by atoms with van der Waals surface area (Å²) >= 11 is 0. The molecule has 0 aromatic rings. The van der Waals surface area contributed by atoms with Crippen molar-refractivity contribution in [3.63, 3.8) is 0 Å². The molecule has 0 fully saturated rings. The lowest BCUT2D eigenvalue weighted by atomic mass is 10.1. The Morgan fingerprint density at radius 1 is 0.590 bits per heavy atom. The van der Waals surface area contributed by atoms with Gasteiger partial charge in [0.25, 0.3) is 0 Å². The topological polar surface area (TPSA) is 55.8 Å². The number of aliphatic hydroxyl groups is 1. The van der Waals surface area contributed by atoms with Crippen molar-refractivity contribution in [1.82, 2.24) is 0 Å². The van der Waals surface area contributed by atoms with Crippen molar-refractivity contribution in [2.24, 2.45) is 0 Å². The number of carbonyl (C=O) groups excluding carboxylic acids is 1. The molecule has 4 nitrogen and oxygen atoms in total. The van der Waals surface area contributed by atoms with E-state index < -0.39 is 6.10 Å². The van der Waals surface area contributed by atoms with Gasteiger partial charge in [-0.15, -0.1) is 0 Å². The molecule has 1 N–H and O–H groups in total. The van der Waals surface area contributed by atoms with Crippen molar-refractivity contribution < 1.29 is 19.4 Å². The summed E-state index contributed by atoms with van der Waals surface area (Å²) in [7, 11) is 0. The number of carbonyl (C=O) groups is 1. The van der Waals surface area contributed by atoms with Crippen molar-refractivity contribution in [3.05, 3.63) is 24.3 Å². The highest BCUT2D eigenvalue weighted by molar-refractivity contribution is 5.69. The van der Waals surface area contributed by atoms with Crippen LogP contribution in [0.5, 0.6) is 0 Å². The van der Waals surface area contributed by atoms with Gasteiger partial charge in [-0.2, -0.15) is 0 Å². The fourth-order valence-electron chi connectivity index (χ4n) is 4.68. The minimum atomic E-state index is -0.536. The van der Waals surface area contributed by atoms with Crippen LogP contribution in [0.4, 0.5) is 0 Å². The van der Waals surface area contributed by atoms with Gasteiger partial charge in [0, 0.05) is 13.0 Å². The molecule has 230 valence electrons. The SMILES string of the molecule is CCC/C=C\CCCCCCCC(=O)OC(CO)COCCCCCCCC/C=C\CCCCCCCCC. The molecule has 0 bridgehead atoms. The molecule has 0 aromatic heterocycles. The quantitative estimate of drug-likeness (QED) is 0.0530. The second kappa shape index (κ2) is 33.1. The van der Waals surface area contributed by atoms with E-state index in [1.165, 1.54) is 116 Å². The standard InChI is InChI=1S/C35H66O4/c1-3-5-7-9-11-13-15-16-17-18-19-20-21-23-25-27-29-31-38-33-34(32-36)39-35(37)30-28-26-24-22-14-12-10-8-6-4-2/h8,10,17-18,34,36H,3-7,9,11-16,19-33H2,1-2H3/b10-8-,18-17-. The first kappa shape index (κ1) is 37.9. The van der Waals surface area contributed by atoms with Gasteiger partial charge in [0.1, 0.15) is 6.10 Å². The number of esters is 1. The largest absolute Gasteiger partial charge is 0.457 e. The number of aliphatic hydroxyl groups excluding tert-OH is 1. The van der Waals surface area contributed by atoms with Crippen molar-refractivity contribution in [2.75, 3.05) is 19.8 Å². The van der Waals surface area contributed by atoms with Crippen LogP contribution in [0, 0.1) is 0 Å². The van der Waals surface area contributed by atoms with Gasteiger partial charge in [-0.05, 0) is 57.8 Å². The highest BCUT2D eigenvalue weighted by Crippen LogP contribution is 2.12. The molecule has 0 rings (SSSR count). The summed E-state index contributed by atoms with van der Waals surface area (Å²) in [6.45, 7) is 5.26. The Kier molecular flexibility index (Phi) is 32.1. The highest BCUT2D eigenvalue weighted by Gasteiger charge is 2.13. The average molecular weight is 551 g/mol. The van der Waals surface area contributed by atoms with Crippen molar-refractivity contribution in [2.45, 2.75) is 174 Å². The zero-order chi connectivity index (χ0) is 28.5. The highest BCUT2D eigenvalue weighted by atomic mass is 16.6. The third-order valence-electron chi connectivity index (χ3n) is 7.23. The summed E-state index contributed by atoms with van der Waals surface area (Å²) < 4.78 is 11.1. The van der Waals surface area contributed by atoms with Crippen LogP contribution in [0.25, 0.3) is 0 Å². The molecule has 0 saturated carbocycles. The Morgan fingerprint density at radius 2 is 1.05 bits per heavy atom. The van der Waals surface area contributed by atoms with E-state index in [2.05, 4.69) is 38.2 Å². The minimum Gasteiger partial charge on any atom is -0.457 e. The molecule has 0 aliphatic rings. The van der Waals surface area contributed by atoms with Gasteiger partial charge in [0.2, 0.25) is 0 Å². The Morgan fingerprint density at radius 3 is 1.56 bits per heavy atom. The molecule has 0 amide bonds. The van der Waals surface area contributed by atoms with Crippen LogP contribution in [-0.2, 0) is 14.3 Å². The molecule has 39 heavy (non-hydrogen) atoms. The van der Waals surface area contributed by atoms with Crippen LogP contribution < -0.4 is 0 Å². The number of allylic oxidation sites excluding steroid dienone is 4. The summed E-state index contributed by atoms with van der Waals surface area (Å²) in [4.78, 5) is 12.0. The first-order valence-electron chi connectivity index (χ1n) is 16.9. The Hall–Kier alpha value is -1.13. The van der Waals surface area contributed by atoms with E-state index in [4.69, 9.17) is 9.47 Å². The van der Waals surface area contributed by atoms with Crippen LogP contribution in [0.15, 0.2) is 24.3 Å². The smallest absolute Gasteiger partial charge is 0.306 e. The summed E-state index contributed by atoms with van der Waals surface area (Å²) in [5.74, 6) is -0.215. The Bertz CT molecular complexity index is 543. The summed E-state index contributed by atoms with van der Waals surface area (Å²) in [5.41, 5.74) is 0. The van der Waals surface area contributed by atoms with E-state index in [0.717, 1.165) is 32.1 Å². The molecule has 0 aliphatic carbocycles. The van der Waals surface area contributed by atoms with Gasteiger partial charge in [0.15, 0.2) is 0 Å². The number of rotatable bonds is 31. The molecular formula is C35H66O4. The molecule has 0 heterocycles. The zero-order valence-corrected chi connectivity index (χ0v) is 26.2. The van der Waals surface area contributed by atoms with Gasteiger partial charge in [-0.1, -0.05) is 128 Å². The van der Waals surface area contributed by atoms with Crippen molar-refractivity contribution in [3.8, 4) is 0 Å². The molecule has 0 spiro atoms. The lowest BCUT2D eigenvalue weighted by Crippen LogP contribution is -2.27. The van der Waals surface area contributed by atoms with Gasteiger partial charge in [-0.3, -0.25) is 4.79 Å². The third kappa shape index (κ3) is 31.3. The molecule has 0 aliphatic heterocycles. The second-order valence-corrected chi connectivity index (χ2v) is 11.2. The third-order valence-corrected chi connectivity index (χ3v) is 7.23. The predicted octanol–water partition coefficient (Wildman–Crippen LogP) is 10.4. The van der Waals surface area contributed by atoms with Crippen molar-refractivity contribution >= 4 is 5.97 Å². The fourth-order valence-corrected chi connectivity index (χ4v) is 4.68. The molecule has 1 atom stereocenters. The normalized spacial score (nSPS) is 12.6. The fraction of sp³-hybridized carbons (Fsp3) is 0.857. The van der Waals surface area contributed by atoms with Crippen LogP contribution >= 0.6 is 0 Å². The Balaban J connectivity index is 3.44. The lowest BCUT2D eigenvalue weighted by molar-refractivity contribution is -0.154. The minimum absolute atomic E-state index is 0.176. The van der Waals surface area contributed by atoms with Gasteiger partial charge in [-0.25, -0.2) is 0 Å². The van der Waals surface area contributed by atoms with E-state index in [9.17, 15) is 9.90 Å². The maximum atomic E-state index is 12.0. The van der Waals surface area contributed by atoms with E-state index in [-0.39, 0.29) is 12.6 Å². The number of hydrogen-bond acceptors (Lipinski definition) is 4. The van der Waals surface area contributed by atoms with Crippen LogP contribution in [0.3, 0.4) is 0 Å². The van der Waals surface area contributed by atoms with E-state index in [1.54, 1.807) is 0 Å². The molecule has 0 saturated heterocycles. The van der Waals surface area contributed by atoms with E-state index >= 15 is 0 Å². The monoisotopic (exact) mass is 550 g/mol. The summed E-state index contributed by atoms with van der Waals surface area (Å²) in [6.07, 6.45) is 37.8. The molecule has 0 radical (unpaired) electrons. The second-order valence-electron chi connectivity index (χ2n) is 11.2. The molecular weight excluding hydrogens is 484 g/mol. The van der Waals surface area contributed by atoms with Crippen LogP contribution in [0.1, 0.15) is 168 Å². The van der Waals surface area contributed by atoms with Crippen LogP contribution in [0.2, 0.25) is 0 Å². The number of hydrogen-bond donors (Lipinski definition) is 1. The summed E-state index contributed by atoms with van der Waals surface area (Å²) in [6, 6.07) is 0. The Labute approximate surface area is 243 Å². The van der Waals surface area contributed by atoms with Gasteiger partial charge >= 0.3 is 5.97 Å². The first-order valence-corrected chi connectivity index (χ1v) is 16.9. The van der Waals surface area contributed by atoms with Gasteiger partial charge < -0.3 is 14.6 Å². The molecule has 1 unspecified atom stereocenters. The van der Waals surface area contributed by atoms with Crippen molar-refractivity contribution in [1.29, 1.82) is 0 Å². The number of ether oxygens (including phenoxy) is 2. The van der Waals surface area contributed by atoms with E-state index in [1.807, 2.05) is 0 Å². The van der Waals surface area contributed by atoms with E-state index in [0.29, 0.717) is 19.6 Å². The summed E-state index contributed by atoms with van der Waals surface area (Å²) in [5, 5.41) is 9.50. The maximum Gasteiger partial charge on any atom is 0.306 e. The lowest BCUT2D eigenvalue weighted by Gasteiger charge is -2.15. The predicted molar refractivity (Wildman–Crippen MR) is 168 cm³/mol. The number of unbranched alkanes of at least 4 members (excludes halogenated alkanes) is 19. The maximum absolute atomic E-state index is 12.0. The average Bonchev–Trinajstić information content (AvgIpc) is 2.94. The zero-order valence-electron chi connectivity index (χ0n) is 26.2.